The second-order valence-corrected chi connectivity index (χ2v) is 9.93. The van der Waals surface area contributed by atoms with Gasteiger partial charge in [0, 0.05) is 21.6 Å². The molecule has 0 radical (unpaired) electrons. The Kier molecular flexibility index (Phi) is 8.93. The molecule has 2 amide bonds. The fourth-order valence-corrected chi connectivity index (χ4v) is 4.60. The average Bonchev–Trinajstić information content (AvgIpc) is 3.19. The van der Waals surface area contributed by atoms with Crippen LogP contribution in [-0.2, 0) is 11.3 Å². The lowest BCUT2D eigenvalue weighted by Crippen LogP contribution is -2.28. The minimum Gasteiger partial charge on any atom is -0.342 e. The summed E-state index contributed by atoms with van der Waals surface area (Å²) in [4.78, 5) is 25.2. The summed E-state index contributed by atoms with van der Waals surface area (Å²) in [5.41, 5.74) is 3.45. The number of nitrogens with zero attached hydrogens (tertiary/aromatic N) is 3. The quantitative estimate of drug-likeness (QED) is 0.257. The van der Waals surface area contributed by atoms with E-state index < -0.39 is 6.04 Å². The molecule has 0 aliphatic rings. The standard InChI is InChI=1S/C24H25BrClN5O2S/c1-5-10-31-22(16(4)27-23(33)17-6-8-18(26)9-7-17)29-30-24(31)34-13-21(32)28-20-12-15(3)14(2)11-19(20)25/h5-9,11-12,16H,1,10,13H2,2-4H3,(H,27,33)(H,28,32)/t16-/m1/s1. The highest BCUT2D eigenvalue weighted by atomic mass is 79.9. The normalized spacial score (nSPS) is 11.7. The van der Waals surface area contributed by atoms with Crippen LogP contribution in [0, 0.1) is 13.8 Å². The molecule has 3 aromatic rings. The van der Waals surface area contributed by atoms with E-state index in [0.29, 0.717) is 28.1 Å². The lowest BCUT2D eigenvalue weighted by Gasteiger charge is -2.15. The molecule has 3 rings (SSSR count). The molecule has 2 N–H and O–H groups in total. The average molecular weight is 563 g/mol. The number of carbonyl (C=O) groups excluding carboxylic acids is 2. The Morgan fingerprint density at radius 2 is 1.88 bits per heavy atom. The second-order valence-electron chi connectivity index (χ2n) is 7.70. The largest absolute Gasteiger partial charge is 0.342 e. The van der Waals surface area contributed by atoms with E-state index in [1.807, 2.05) is 37.5 Å². The van der Waals surface area contributed by atoms with Crippen LogP contribution in [0.25, 0.3) is 0 Å². The molecule has 0 spiro atoms. The first-order valence-corrected chi connectivity index (χ1v) is 12.6. The Bertz CT molecular complexity index is 1210. The van der Waals surface area contributed by atoms with Crippen molar-refractivity contribution in [3.05, 3.63) is 81.1 Å². The molecule has 0 aliphatic heterocycles. The van der Waals surface area contributed by atoms with Crippen LogP contribution < -0.4 is 10.6 Å². The van der Waals surface area contributed by atoms with Gasteiger partial charge in [-0.15, -0.1) is 16.8 Å². The van der Waals surface area contributed by atoms with E-state index in [4.69, 9.17) is 11.6 Å². The predicted octanol–water partition coefficient (Wildman–Crippen LogP) is 5.72. The van der Waals surface area contributed by atoms with Crippen molar-refractivity contribution in [2.75, 3.05) is 11.1 Å². The van der Waals surface area contributed by atoms with E-state index in [0.717, 1.165) is 21.3 Å². The zero-order chi connectivity index (χ0) is 24.8. The van der Waals surface area contributed by atoms with Gasteiger partial charge in [-0.05, 0) is 84.2 Å². The van der Waals surface area contributed by atoms with Crippen LogP contribution >= 0.6 is 39.3 Å². The van der Waals surface area contributed by atoms with Crippen molar-refractivity contribution < 1.29 is 9.59 Å². The monoisotopic (exact) mass is 561 g/mol. The van der Waals surface area contributed by atoms with Crippen LogP contribution in [0.2, 0.25) is 5.02 Å². The molecule has 1 heterocycles. The smallest absolute Gasteiger partial charge is 0.251 e. The first-order valence-electron chi connectivity index (χ1n) is 10.5. The SMILES string of the molecule is C=CCn1c(SCC(=O)Nc2cc(C)c(C)cc2Br)nnc1[C@@H](C)NC(=O)c1ccc(Cl)cc1. The van der Waals surface area contributed by atoms with Gasteiger partial charge in [-0.1, -0.05) is 29.4 Å². The number of aryl methyl sites for hydroxylation is 2. The zero-order valence-electron chi connectivity index (χ0n) is 19.1. The minimum absolute atomic E-state index is 0.153. The van der Waals surface area contributed by atoms with E-state index in [-0.39, 0.29) is 17.6 Å². The van der Waals surface area contributed by atoms with E-state index >= 15 is 0 Å². The maximum atomic E-state index is 12.6. The molecule has 178 valence electrons. The second kappa shape index (κ2) is 11.7. The highest BCUT2D eigenvalue weighted by Gasteiger charge is 2.20. The van der Waals surface area contributed by atoms with Crippen molar-refractivity contribution in [3.63, 3.8) is 0 Å². The summed E-state index contributed by atoms with van der Waals surface area (Å²) < 4.78 is 2.67. The number of aromatic nitrogens is 3. The molecule has 0 fully saturated rings. The van der Waals surface area contributed by atoms with Crippen LogP contribution in [0.5, 0.6) is 0 Å². The van der Waals surface area contributed by atoms with Gasteiger partial charge < -0.3 is 15.2 Å². The van der Waals surface area contributed by atoms with Crippen molar-refractivity contribution in [2.24, 2.45) is 0 Å². The van der Waals surface area contributed by atoms with Crippen LogP contribution in [0.4, 0.5) is 5.69 Å². The first kappa shape index (κ1) is 26.0. The lowest BCUT2D eigenvalue weighted by atomic mass is 10.1. The molecule has 0 bridgehead atoms. The first-order chi connectivity index (χ1) is 16.2. The number of anilines is 1. The molecule has 0 aliphatic carbocycles. The van der Waals surface area contributed by atoms with E-state index in [9.17, 15) is 9.59 Å². The van der Waals surface area contributed by atoms with E-state index in [2.05, 4.69) is 43.3 Å². The molecule has 34 heavy (non-hydrogen) atoms. The predicted molar refractivity (Wildman–Crippen MR) is 141 cm³/mol. The van der Waals surface area contributed by atoms with Gasteiger partial charge in [-0.25, -0.2) is 0 Å². The molecule has 1 aromatic heterocycles. The molecule has 0 unspecified atom stereocenters. The molecule has 1 atom stereocenters. The molecule has 0 saturated heterocycles. The van der Waals surface area contributed by atoms with Crippen LogP contribution in [0.3, 0.4) is 0 Å². The zero-order valence-corrected chi connectivity index (χ0v) is 22.2. The van der Waals surface area contributed by atoms with Gasteiger partial charge >= 0.3 is 0 Å². The molecular formula is C24H25BrClN5O2S. The Hall–Kier alpha value is -2.62. The fourth-order valence-electron chi connectivity index (χ4n) is 3.17. The third-order valence-corrected chi connectivity index (χ3v) is 6.96. The van der Waals surface area contributed by atoms with Crippen molar-refractivity contribution in [3.8, 4) is 0 Å². The molecule has 10 heteroatoms. The van der Waals surface area contributed by atoms with Gasteiger partial charge in [-0.3, -0.25) is 9.59 Å². The Morgan fingerprint density at radius 3 is 2.56 bits per heavy atom. The number of thioether (sulfide) groups is 1. The number of benzene rings is 2. The maximum absolute atomic E-state index is 12.6. The summed E-state index contributed by atoms with van der Waals surface area (Å²) in [6.07, 6.45) is 1.72. The van der Waals surface area contributed by atoms with Crippen molar-refractivity contribution >= 4 is 56.8 Å². The number of amides is 2. The van der Waals surface area contributed by atoms with Crippen LogP contribution in [0.1, 0.15) is 40.3 Å². The third kappa shape index (κ3) is 6.49. The summed E-state index contributed by atoms with van der Waals surface area (Å²) in [6.45, 7) is 10.1. The molecule has 0 saturated carbocycles. The van der Waals surface area contributed by atoms with Gasteiger partial charge in [-0.2, -0.15) is 0 Å². The Labute approximate surface area is 216 Å². The highest BCUT2D eigenvalue weighted by molar-refractivity contribution is 9.10. The highest BCUT2D eigenvalue weighted by Crippen LogP contribution is 2.27. The molecule has 7 nitrogen and oxygen atoms in total. The van der Waals surface area contributed by atoms with Crippen molar-refractivity contribution in [1.29, 1.82) is 0 Å². The summed E-state index contributed by atoms with van der Waals surface area (Å²) in [6, 6.07) is 10.1. The van der Waals surface area contributed by atoms with Gasteiger partial charge in [0.05, 0.1) is 17.5 Å². The van der Waals surface area contributed by atoms with Crippen LogP contribution in [-0.4, -0.2) is 32.3 Å². The fraction of sp³-hybridized carbons (Fsp3) is 0.250. The number of hydrogen-bond donors (Lipinski definition) is 2. The van der Waals surface area contributed by atoms with Gasteiger partial charge in [0.1, 0.15) is 0 Å². The summed E-state index contributed by atoms with van der Waals surface area (Å²) in [5.74, 6) is 0.319. The number of rotatable bonds is 9. The Balaban J connectivity index is 1.67. The van der Waals surface area contributed by atoms with Gasteiger partial charge in [0.2, 0.25) is 5.91 Å². The van der Waals surface area contributed by atoms with Gasteiger partial charge in [0.25, 0.3) is 5.91 Å². The van der Waals surface area contributed by atoms with Crippen LogP contribution in [0.15, 0.2) is 58.7 Å². The number of nitrogens with one attached hydrogen (secondary N) is 2. The van der Waals surface area contributed by atoms with E-state index in [1.54, 1.807) is 30.3 Å². The Morgan fingerprint density at radius 1 is 1.21 bits per heavy atom. The summed E-state index contributed by atoms with van der Waals surface area (Å²) in [7, 11) is 0. The summed E-state index contributed by atoms with van der Waals surface area (Å²) in [5, 5.41) is 15.5. The number of carbonyl (C=O) groups is 2. The van der Waals surface area contributed by atoms with Crippen molar-refractivity contribution in [2.45, 2.75) is 38.5 Å². The summed E-state index contributed by atoms with van der Waals surface area (Å²) >= 11 is 10.7. The minimum atomic E-state index is -0.412. The molecular weight excluding hydrogens is 538 g/mol. The van der Waals surface area contributed by atoms with E-state index in [1.165, 1.54) is 11.8 Å². The third-order valence-electron chi connectivity index (χ3n) is 5.09. The molecule has 2 aromatic carbocycles. The number of halogens is 2. The van der Waals surface area contributed by atoms with Gasteiger partial charge in [0.15, 0.2) is 11.0 Å². The lowest BCUT2D eigenvalue weighted by molar-refractivity contribution is -0.113. The van der Waals surface area contributed by atoms with Crippen molar-refractivity contribution in [1.82, 2.24) is 20.1 Å². The maximum Gasteiger partial charge on any atom is 0.251 e. The number of hydrogen-bond acceptors (Lipinski definition) is 5. The topological polar surface area (TPSA) is 88.9 Å². The number of allylic oxidation sites excluding steroid dienone is 1.